The van der Waals surface area contributed by atoms with Crippen molar-refractivity contribution in [1.82, 2.24) is 9.13 Å². The highest BCUT2D eigenvalue weighted by Crippen LogP contribution is 2.42. The van der Waals surface area contributed by atoms with Gasteiger partial charge in [-0.1, -0.05) is 18.7 Å². The standard InChI is InChI=1S/C20H20N4O7/c1-5-8-31-19(27)14-10(2)21-17-16(18(26)23(4)20(28)22(17)3)15(14)11-6-7-13(25)12(9-11)24(29)30/h5-7,9,15,21,25H,1,8H2,2-4H3/t15-/m1/s1. The second kappa shape index (κ2) is 7.94. The maximum absolute atomic E-state index is 13.1. The van der Waals surface area contributed by atoms with Crippen molar-refractivity contribution >= 4 is 17.5 Å². The molecule has 0 unspecified atom stereocenters. The lowest BCUT2D eigenvalue weighted by Gasteiger charge is -2.30. The van der Waals surface area contributed by atoms with Crippen LogP contribution in [0.2, 0.25) is 0 Å². The van der Waals surface area contributed by atoms with Crippen LogP contribution in [0.1, 0.15) is 24.0 Å². The summed E-state index contributed by atoms with van der Waals surface area (Å²) in [5, 5.41) is 24.1. The number of nitrogens with one attached hydrogen (secondary N) is 1. The zero-order chi connectivity index (χ0) is 23.0. The normalized spacial score (nSPS) is 15.1. The Kier molecular flexibility index (Phi) is 5.52. The first-order valence-electron chi connectivity index (χ1n) is 9.13. The van der Waals surface area contributed by atoms with E-state index in [2.05, 4.69) is 11.9 Å². The van der Waals surface area contributed by atoms with Crippen molar-refractivity contribution in [1.29, 1.82) is 0 Å². The number of aromatic hydroxyl groups is 1. The third kappa shape index (κ3) is 3.50. The van der Waals surface area contributed by atoms with Crippen molar-refractivity contribution < 1.29 is 19.6 Å². The molecular formula is C20H20N4O7. The third-order valence-corrected chi connectivity index (χ3v) is 5.07. The minimum Gasteiger partial charge on any atom is -0.502 e. The number of esters is 1. The number of ether oxygens (including phenoxy) is 1. The molecule has 1 aliphatic heterocycles. The predicted molar refractivity (Wildman–Crippen MR) is 111 cm³/mol. The van der Waals surface area contributed by atoms with Gasteiger partial charge in [-0.2, -0.15) is 0 Å². The van der Waals surface area contributed by atoms with Crippen LogP contribution in [-0.4, -0.2) is 31.7 Å². The molecule has 11 heteroatoms. The fourth-order valence-corrected chi connectivity index (χ4v) is 3.57. The minimum absolute atomic E-state index is 0.0424. The van der Waals surface area contributed by atoms with Crippen molar-refractivity contribution in [2.24, 2.45) is 14.1 Å². The summed E-state index contributed by atoms with van der Waals surface area (Å²) < 4.78 is 7.28. The van der Waals surface area contributed by atoms with Crippen LogP contribution in [0.25, 0.3) is 0 Å². The number of rotatable bonds is 5. The second-order valence-corrected chi connectivity index (χ2v) is 6.96. The molecule has 0 saturated heterocycles. The fraction of sp³-hybridized carbons (Fsp3) is 0.250. The molecule has 2 heterocycles. The molecule has 3 rings (SSSR count). The number of nitro benzene ring substituents is 1. The zero-order valence-corrected chi connectivity index (χ0v) is 17.0. The van der Waals surface area contributed by atoms with Gasteiger partial charge in [-0.25, -0.2) is 9.59 Å². The van der Waals surface area contributed by atoms with Crippen LogP contribution < -0.4 is 16.6 Å². The number of fused-ring (bicyclic) bond motifs is 1. The molecule has 2 aromatic rings. The van der Waals surface area contributed by atoms with E-state index >= 15 is 0 Å². The van der Waals surface area contributed by atoms with Crippen LogP contribution in [-0.2, 0) is 23.6 Å². The molecule has 11 nitrogen and oxygen atoms in total. The van der Waals surface area contributed by atoms with Crippen LogP contribution in [0.15, 0.2) is 51.7 Å². The van der Waals surface area contributed by atoms with Gasteiger partial charge >= 0.3 is 17.3 Å². The first kappa shape index (κ1) is 21.6. The summed E-state index contributed by atoms with van der Waals surface area (Å²) in [6.45, 7) is 4.97. The van der Waals surface area contributed by atoms with E-state index in [0.717, 1.165) is 16.7 Å². The molecular weight excluding hydrogens is 408 g/mol. The van der Waals surface area contributed by atoms with Crippen molar-refractivity contribution in [3.63, 3.8) is 0 Å². The van der Waals surface area contributed by atoms with Gasteiger partial charge in [-0.05, 0) is 18.6 Å². The average molecular weight is 428 g/mol. The van der Waals surface area contributed by atoms with Gasteiger partial charge in [0.1, 0.15) is 12.4 Å². The quantitative estimate of drug-likeness (QED) is 0.313. The molecule has 0 aliphatic carbocycles. The van der Waals surface area contributed by atoms with E-state index in [-0.39, 0.29) is 29.1 Å². The number of phenolic OH excluding ortho intramolecular Hbond substituents is 1. The van der Waals surface area contributed by atoms with Crippen molar-refractivity contribution in [3.8, 4) is 5.75 Å². The number of aromatic nitrogens is 2. The van der Waals surface area contributed by atoms with Gasteiger partial charge in [0.2, 0.25) is 0 Å². The highest BCUT2D eigenvalue weighted by molar-refractivity contribution is 5.94. The molecule has 0 amide bonds. The number of phenols is 1. The second-order valence-electron chi connectivity index (χ2n) is 6.96. The topological polar surface area (TPSA) is 146 Å². The van der Waals surface area contributed by atoms with Gasteiger partial charge in [-0.3, -0.25) is 24.0 Å². The smallest absolute Gasteiger partial charge is 0.337 e. The first-order valence-corrected chi connectivity index (χ1v) is 9.13. The Bertz CT molecular complexity index is 1270. The number of allylic oxidation sites excluding steroid dienone is 1. The van der Waals surface area contributed by atoms with Gasteiger partial charge in [0.15, 0.2) is 5.75 Å². The number of hydrogen-bond acceptors (Lipinski definition) is 8. The maximum atomic E-state index is 13.1. The highest BCUT2D eigenvalue weighted by Gasteiger charge is 2.38. The van der Waals surface area contributed by atoms with Gasteiger partial charge in [0.25, 0.3) is 5.56 Å². The average Bonchev–Trinajstić information content (AvgIpc) is 2.73. The molecule has 31 heavy (non-hydrogen) atoms. The van der Waals surface area contributed by atoms with Crippen molar-refractivity contribution in [2.75, 3.05) is 11.9 Å². The molecule has 0 spiro atoms. The highest BCUT2D eigenvalue weighted by atomic mass is 16.6. The number of carbonyl (C=O) groups excluding carboxylic acids is 1. The molecule has 1 atom stereocenters. The number of hydrogen-bond donors (Lipinski definition) is 2. The van der Waals surface area contributed by atoms with Gasteiger partial charge in [0, 0.05) is 25.9 Å². The predicted octanol–water partition coefficient (Wildman–Crippen LogP) is 1.26. The molecule has 0 radical (unpaired) electrons. The summed E-state index contributed by atoms with van der Waals surface area (Å²) in [5.41, 5.74) is -1.25. The van der Waals surface area contributed by atoms with Crippen molar-refractivity contribution in [2.45, 2.75) is 12.8 Å². The molecule has 162 valence electrons. The number of nitro groups is 1. The molecule has 2 N–H and O–H groups in total. The third-order valence-electron chi connectivity index (χ3n) is 5.07. The Labute approximate surface area is 175 Å². The Morgan fingerprint density at radius 1 is 1.35 bits per heavy atom. The molecule has 0 bridgehead atoms. The molecule has 1 aromatic heterocycles. The summed E-state index contributed by atoms with van der Waals surface area (Å²) >= 11 is 0. The monoisotopic (exact) mass is 428 g/mol. The van der Waals surface area contributed by atoms with E-state index < -0.39 is 39.5 Å². The lowest BCUT2D eigenvalue weighted by Crippen LogP contribution is -2.43. The number of benzene rings is 1. The van der Waals surface area contributed by atoms with E-state index in [1.165, 1.54) is 30.8 Å². The van der Waals surface area contributed by atoms with Crippen LogP contribution in [0, 0.1) is 10.1 Å². The zero-order valence-electron chi connectivity index (χ0n) is 17.0. The van der Waals surface area contributed by atoms with Crippen LogP contribution >= 0.6 is 0 Å². The molecule has 1 aromatic carbocycles. The molecule has 0 fully saturated rings. The Morgan fingerprint density at radius 2 is 2.03 bits per heavy atom. The maximum Gasteiger partial charge on any atom is 0.337 e. The van der Waals surface area contributed by atoms with Gasteiger partial charge < -0.3 is 15.2 Å². The molecule has 1 aliphatic rings. The Morgan fingerprint density at radius 3 is 2.65 bits per heavy atom. The summed E-state index contributed by atoms with van der Waals surface area (Å²) in [6.07, 6.45) is 1.38. The lowest BCUT2D eigenvalue weighted by atomic mass is 9.82. The summed E-state index contributed by atoms with van der Waals surface area (Å²) in [6, 6.07) is 3.58. The van der Waals surface area contributed by atoms with E-state index in [1.807, 2.05) is 0 Å². The number of nitrogens with zero attached hydrogens (tertiary/aromatic N) is 3. The van der Waals surface area contributed by atoms with Crippen LogP contribution in [0.5, 0.6) is 5.75 Å². The fourth-order valence-electron chi connectivity index (χ4n) is 3.57. The van der Waals surface area contributed by atoms with E-state index in [1.54, 1.807) is 6.92 Å². The number of carbonyl (C=O) groups is 1. The summed E-state index contributed by atoms with van der Waals surface area (Å²) in [4.78, 5) is 48.9. The summed E-state index contributed by atoms with van der Waals surface area (Å²) in [7, 11) is 2.75. The largest absolute Gasteiger partial charge is 0.502 e. The Balaban J connectivity index is 2.39. The van der Waals surface area contributed by atoms with E-state index in [9.17, 15) is 29.6 Å². The number of anilines is 1. The van der Waals surface area contributed by atoms with Crippen molar-refractivity contribution in [3.05, 3.63) is 84.2 Å². The molecule has 0 saturated carbocycles. The van der Waals surface area contributed by atoms with Gasteiger partial charge in [-0.15, -0.1) is 0 Å². The lowest BCUT2D eigenvalue weighted by molar-refractivity contribution is -0.385. The van der Waals surface area contributed by atoms with E-state index in [0.29, 0.717) is 5.70 Å². The first-order chi connectivity index (χ1) is 14.6. The van der Waals surface area contributed by atoms with Crippen LogP contribution in [0.4, 0.5) is 11.5 Å². The van der Waals surface area contributed by atoms with E-state index in [4.69, 9.17) is 4.74 Å². The van der Waals surface area contributed by atoms with Gasteiger partial charge in [0.05, 0.1) is 22.0 Å². The SMILES string of the molecule is C=CCOC(=O)C1=C(C)Nc2c(c(=O)n(C)c(=O)n2C)[C@@H]1c1ccc(O)c([N+](=O)[O-])c1. The minimum atomic E-state index is -1.08. The summed E-state index contributed by atoms with van der Waals surface area (Å²) in [5.74, 6) is -2.25. The Hall–Kier alpha value is -4.15. The van der Waals surface area contributed by atoms with Crippen LogP contribution in [0.3, 0.4) is 0 Å².